The van der Waals surface area contributed by atoms with E-state index < -0.39 is 5.97 Å². The zero-order valence-electron chi connectivity index (χ0n) is 9.66. The summed E-state index contributed by atoms with van der Waals surface area (Å²) in [6.07, 6.45) is 1.94. The molecule has 0 unspecified atom stereocenters. The molecule has 0 aromatic heterocycles. The van der Waals surface area contributed by atoms with Gasteiger partial charge in [0.25, 0.3) is 0 Å². The summed E-state index contributed by atoms with van der Waals surface area (Å²) in [5.74, 6) is -0.547. The van der Waals surface area contributed by atoms with Crippen molar-refractivity contribution in [3.63, 3.8) is 0 Å². The minimum absolute atomic E-state index is 0. The number of carbonyl (C=O) groups is 1. The van der Waals surface area contributed by atoms with Crippen LogP contribution in [0.2, 0.25) is 0 Å². The van der Waals surface area contributed by atoms with Gasteiger partial charge in [0.2, 0.25) is 0 Å². The van der Waals surface area contributed by atoms with Crippen molar-refractivity contribution < 1.29 is 43.0 Å². The summed E-state index contributed by atoms with van der Waals surface area (Å²) < 4.78 is 0.943. The first-order chi connectivity index (χ1) is 6.52. The first kappa shape index (κ1) is 17.3. The SMILES string of the molecule is C=CC(=O)OOCCC[N+](C)(C)CC.[I-]. The van der Waals surface area contributed by atoms with Crippen molar-refractivity contribution in [3.8, 4) is 0 Å². The molecule has 0 spiro atoms. The van der Waals surface area contributed by atoms with Crippen LogP contribution in [0.3, 0.4) is 0 Å². The highest BCUT2D eigenvalue weighted by atomic mass is 127. The molecule has 0 aliphatic heterocycles. The van der Waals surface area contributed by atoms with E-state index in [1.807, 2.05) is 0 Å². The maximum atomic E-state index is 10.6. The average molecular weight is 329 g/mol. The molecule has 0 rings (SSSR count). The molecular formula is C10H20INO3. The van der Waals surface area contributed by atoms with E-state index in [1.54, 1.807) is 0 Å². The number of quaternary nitrogens is 1. The zero-order chi connectivity index (χ0) is 11.0. The van der Waals surface area contributed by atoms with E-state index in [2.05, 4.69) is 32.5 Å². The monoisotopic (exact) mass is 329 g/mol. The van der Waals surface area contributed by atoms with Gasteiger partial charge in [-0.1, -0.05) is 6.58 Å². The van der Waals surface area contributed by atoms with Gasteiger partial charge < -0.3 is 28.5 Å². The first-order valence-corrected chi connectivity index (χ1v) is 4.79. The van der Waals surface area contributed by atoms with Crippen molar-refractivity contribution >= 4 is 5.97 Å². The van der Waals surface area contributed by atoms with Crippen molar-refractivity contribution in [1.29, 1.82) is 0 Å². The number of carbonyl (C=O) groups excluding carboxylic acids is 1. The molecule has 0 aliphatic rings. The van der Waals surface area contributed by atoms with Gasteiger partial charge in [0.05, 0.1) is 33.8 Å². The summed E-state index contributed by atoms with van der Waals surface area (Å²) in [6, 6.07) is 0. The number of halogens is 1. The maximum Gasteiger partial charge on any atom is 0.365 e. The molecule has 0 amide bonds. The highest BCUT2D eigenvalue weighted by Crippen LogP contribution is 1.98. The summed E-state index contributed by atoms with van der Waals surface area (Å²) in [7, 11) is 4.30. The van der Waals surface area contributed by atoms with Crippen LogP contribution in [0, 0.1) is 0 Å². The van der Waals surface area contributed by atoms with Crippen molar-refractivity contribution in [2.24, 2.45) is 0 Å². The lowest BCUT2D eigenvalue weighted by atomic mass is 10.3. The van der Waals surface area contributed by atoms with Crippen LogP contribution in [-0.4, -0.2) is 44.2 Å². The van der Waals surface area contributed by atoms with Gasteiger partial charge in [-0.05, 0) is 6.92 Å². The minimum Gasteiger partial charge on any atom is -1.00 e. The second kappa shape index (κ2) is 9.11. The van der Waals surface area contributed by atoms with Crippen LogP contribution in [0.15, 0.2) is 12.7 Å². The van der Waals surface area contributed by atoms with Gasteiger partial charge in [-0.15, -0.1) is 0 Å². The summed E-state index contributed by atoms with van der Waals surface area (Å²) in [5.41, 5.74) is 0. The Morgan fingerprint density at radius 1 is 1.47 bits per heavy atom. The van der Waals surface area contributed by atoms with Gasteiger partial charge in [-0.25, -0.2) is 4.79 Å². The van der Waals surface area contributed by atoms with Gasteiger partial charge in [0.15, 0.2) is 0 Å². The second-order valence-corrected chi connectivity index (χ2v) is 3.76. The minimum atomic E-state index is -0.547. The highest BCUT2D eigenvalue weighted by molar-refractivity contribution is 5.80. The highest BCUT2D eigenvalue weighted by Gasteiger charge is 2.10. The Bertz CT molecular complexity index is 195. The number of hydrogen-bond donors (Lipinski definition) is 0. The quantitative estimate of drug-likeness (QED) is 0.137. The summed E-state index contributed by atoms with van der Waals surface area (Å²) in [6.45, 7) is 7.90. The summed E-state index contributed by atoms with van der Waals surface area (Å²) in [4.78, 5) is 19.6. The molecule has 90 valence electrons. The molecule has 5 heteroatoms. The smallest absolute Gasteiger partial charge is 0.365 e. The third-order valence-corrected chi connectivity index (χ3v) is 2.15. The van der Waals surface area contributed by atoms with E-state index in [1.165, 1.54) is 0 Å². The van der Waals surface area contributed by atoms with Gasteiger partial charge in [-0.2, -0.15) is 4.89 Å². The fourth-order valence-electron chi connectivity index (χ4n) is 0.843. The summed E-state index contributed by atoms with van der Waals surface area (Å²) in [5, 5.41) is 0. The molecule has 0 fully saturated rings. The van der Waals surface area contributed by atoms with Crippen LogP contribution < -0.4 is 24.0 Å². The maximum absolute atomic E-state index is 10.6. The predicted octanol–water partition coefficient (Wildman–Crippen LogP) is -1.86. The molecule has 0 aromatic carbocycles. The van der Waals surface area contributed by atoms with Crippen LogP contribution in [0.4, 0.5) is 0 Å². The van der Waals surface area contributed by atoms with Gasteiger partial charge in [0, 0.05) is 12.5 Å². The molecule has 0 aromatic rings. The van der Waals surface area contributed by atoms with Gasteiger partial charge in [0.1, 0.15) is 0 Å². The fraction of sp³-hybridized carbons (Fsp3) is 0.700. The standard InChI is InChI=1S/C10H20NO3.HI/c1-5-10(12)14-13-9-7-8-11(3,4)6-2;/h5H,1,6-9H2,2-4H3;1H/q+1;/p-1. The topological polar surface area (TPSA) is 35.5 Å². The average Bonchev–Trinajstić information content (AvgIpc) is 2.17. The van der Waals surface area contributed by atoms with Crippen LogP contribution in [0.5, 0.6) is 0 Å². The molecule has 0 radical (unpaired) electrons. The zero-order valence-corrected chi connectivity index (χ0v) is 11.8. The largest absolute Gasteiger partial charge is 1.00 e. The molecule has 0 saturated carbocycles. The molecule has 15 heavy (non-hydrogen) atoms. The lowest BCUT2D eigenvalue weighted by Crippen LogP contribution is -3.00. The normalized spacial score (nSPS) is 10.3. The van der Waals surface area contributed by atoms with Crippen LogP contribution in [0.25, 0.3) is 0 Å². The Labute approximate surface area is 109 Å². The predicted molar refractivity (Wildman–Crippen MR) is 54.4 cm³/mol. The van der Waals surface area contributed by atoms with Crippen molar-refractivity contribution in [3.05, 3.63) is 12.7 Å². The fourth-order valence-corrected chi connectivity index (χ4v) is 0.843. The number of hydrogen-bond acceptors (Lipinski definition) is 3. The lowest BCUT2D eigenvalue weighted by Gasteiger charge is -2.27. The van der Waals surface area contributed by atoms with Crippen molar-refractivity contribution in [2.75, 3.05) is 33.8 Å². The lowest BCUT2D eigenvalue weighted by molar-refractivity contribution is -0.888. The number of rotatable bonds is 7. The molecule has 0 atom stereocenters. The molecule has 0 heterocycles. The van der Waals surface area contributed by atoms with Gasteiger partial charge in [-0.3, -0.25) is 4.89 Å². The van der Waals surface area contributed by atoms with E-state index in [4.69, 9.17) is 4.89 Å². The second-order valence-electron chi connectivity index (χ2n) is 3.76. The molecular weight excluding hydrogens is 309 g/mol. The first-order valence-electron chi connectivity index (χ1n) is 4.79. The Balaban J connectivity index is 0. The molecule has 0 bridgehead atoms. The van der Waals surface area contributed by atoms with E-state index in [0.29, 0.717) is 6.61 Å². The Morgan fingerprint density at radius 2 is 2.07 bits per heavy atom. The van der Waals surface area contributed by atoms with Gasteiger partial charge >= 0.3 is 5.97 Å². The van der Waals surface area contributed by atoms with Crippen molar-refractivity contribution in [1.82, 2.24) is 0 Å². The third kappa shape index (κ3) is 10.1. The van der Waals surface area contributed by atoms with E-state index in [9.17, 15) is 4.79 Å². The van der Waals surface area contributed by atoms with E-state index in [0.717, 1.165) is 30.1 Å². The Kier molecular flexibility index (Phi) is 10.5. The Morgan fingerprint density at radius 3 is 2.53 bits per heavy atom. The van der Waals surface area contributed by atoms with Crippen LogP contribution >= 0.6 is 0 Å². The van der Waals surface area contributed by atoms with E-state index in [-0.39, 0.29) is 24.0 Å². The van der Waals surface area contributed by atoms with Crippen molar-refractivity contribution in [2.45, 2.75) is 13.3 Å². The molecule has 4 nitrogen and oxygen atoms in total. The molecule has 0 aliphatic carbocycles. The van der Waals surface area contributed by atoms with Crippen LogP contribution in [0.1, 0.15) is 13.3 Å². The van der Waals surface area contributed by atoms with Crippen LogP contribution in [-0.2, 0) is 14.6 Å². The Hall–Kier alpha value is -0.140. The summed E-state index contributed by atoms with van der Waals surface area (Å²) >= 11 is 0. The molecule has 0 saturated heterocycles. The van der Waals surface area contributed by atoms with E-state index >= 15 is 0 Å². The number of nitrogens with zero attached hydrogens (tertiary/aromatic N) is 1. The molecule has 0 N–H and O–H groups in total. The third-order valence-electron chi connectivity index (χ3n) is 2.15.